The Balaban J connectivity index is 1.34. The largest absolute Gasteiger partial charge is 0.360 e. The Morgan fingerprint density at radius 1 is 1.31 bits per heavy atom. The number of aromatic nitrogens is 4. The van der Waals surface area contributed by atoms with E-state index in [2.05, 4.69) is 37.2 Å². The highest BCUT2D eigenvalue weighted by atomic mass is 32.2. The molecular formula is C21H21N5OS2. The van der Waals surface area contributed by atoms with E-state index in [0.717, 1.165) is 45.2 Å². The number of carbonyl (C=O) groups is 1. The minimum atomic E-state index is 0.00916. The number of amides is 1. The van der Waals surface area contributed by atoms with Crippen LogP contribution in [0.2, 0.25) is 0 Å². The molecule has 3 heterocycles. The first-order valence-corrected chi connectivity index (χ1v) is 11.5. The predicted octanol–water partition coefficient (Wildman–Crippen LogP) is 4.79. The monoisotopic (exact) mass is 423 g/mol. The molecule has 1 aromatic carbocycles. The fraction of sp³-hybridized carbons (Fsp3) is 0.286. The maximum absolute atomic E-state index is 12.4. The van der Waals surface area contributed by atoms with Gasteiger partial charge in [-0.2, -0.15) is 0 Å². The zero-order chi connectivity index (χ0) is 19.8. The number of fused-ring (bicyclic) bond motifs is 1. The van der Waals surface area contributed by atoms with E-state index in [1.807, 2.05) is 42.8 Å². The summed E-state index contributed by atoms with van der Waals surface area (Å²) in [6.45, 7) is 2.01. The van der Waals surface area contributed by atoms with Crippen molar-refractivity contribution < 1.29 is 4.79 Å². The van der Waals surface area contributed by atoms with Gasteiger partial charge >= 0.3 is 0 Å². The van der Waals surface area contributed by atoms with Gasteiger partial charge in [0.25, 0.3) is 0 Å². The summed E-state index contributed by atoms with van der Waals surface area (Å²) in [4.78, 5) is 16.9. The third-order valence-electron chi connectivity index (χ3n) is 5.09. The van der Waals surface area contributed by atoms with Crippen LogP contribution in [0.5, 0.6) is 0 Å². The van der Waals surface area contributed by atoms with Gasteiger partial charge in [0, 0.05) is 33.6 Å². The predicted molar refractivity (Wildman–Crippen MR) is 117 cm³/mol. The Bertz CT molecular complexity index is 1140. The number of thioether (sulfide) groups is 1. The van der Waals surface area contributed by atoms with Gasteiger partial charge in [0.15, 0.2) is 11.0 Å². The molecule has 29 heavy (non-hydrogen) atoms. The van der Waals surface area contributed by atoms with Gasteiger partial charge in [0.2, 0.25) is 5.91 Å². The smallest absolute Gasteiger partial charge is 0.230 e. The standard InChI is InChI=1S/C21H21N5OS2/c1-13(18-7-4-10-28-18)23-19(27)12-29-21-25-24-20(26(21)14-8-9-14)16-11-22-17-6-3-2-5-15(16)17/h2-7,10-11,13-14,22H,8-9,12H2,1H3,(H,23,27)/t13-/m1/s1. The number of thiophene rings is 1. The Labute approximate surface area is 176 Å². The van der Waals surface area contributed by atoms with Gasteiger partial charge in [-0.3, -0.25) is 9.36 Å². The molecular weight excluding hydrogens is 402 g/mol. The van der Waals surface area contributed by atoms with E-state index in [0.29, 0.717) is 11.8 Å². The molecule has 0 spiro atoms. The molecule has 1 amide bonds. The lowest BCUT2D eigenvalue weighted by molar-refractivity contribution is -0.119. The summed E-state index contributed by atoms with van der Waals surface area (Å²) < 4.78 is 2.20. The maximum atomic E-state index is 12.4. The molecule has 0 unspecified atom stereocenters. The summed E-state index contributed by atoms with van der Waals surface area (Å²) in [5.41, 5.74) is 2.15. The van der Waals surface area contributed by atoms with Crippen molar-refractivity contribution in [1.82, 2.24) is 25.1 Å². The van der Waals surface area contributed by atoms with Crippen molar-refractivity contribution >= 4 is 39.9 Å². The van der Waals surface area contributed by atoms with Gasteiger partial charge in [-0.05, 0) is 37.3 Å². The van der Waals surface area contributed by atoms with E-state index in [1.54, 1.807) is 11.3 Å². The molecule has 1 aliphatic carbocycles. The second-order valence-electron chi connectivity index (χ2n) is 7.25. The quantitative estimate of drug-likeness (QED) is 0.419. The second kappa shape index (κ2) is 7.68. The lowest BCUT2D eigenvalue weighted by Crippen LogP contribution is -2.27. The molecule has 1 aliphatic rings. The summed E-state index contributed by atoms with van der Waals surface area (Å²) in [5, 5.41) is 16.0. The van der Waals surface area contributed by atoms with E-state index in [1.165, 1.54) is 11.8 Å². The lowest BCUT2D eigenvalue weighted by atomic mass is 10.1. The third-order valence-corrected chi connectivity index (χ3v) is 7.08. The number of H-pyrrole nitrogens is 1. The highest BCUT2D eigenvalue weighted by molar-refractivity contribution is 7.99. The third kappa shape index (κ3) is 3.70. The van der Waals surface area contributed by atoms with Crippen molar-refractivity contribution in [1.29, 1.82) is 0 Å². The van der Waals surface area contributed by atoms with Crippen LogP contribution in [0.4, 0.5) is 0 Å². The number of benzene rings is 1. The average molecular weight is 424 g/mol. The molecule has 1 saturated carbocycles. The molecule has 6 nitrogen and oxygen atoms in total. The number of para-hydroxylation sites is 1. The molecule has 1 fully saturated rings. The zero-order valence-corrected chi connectivity index (χ0v) is 17.6. The SMILES string of the molecule is C[C@@H](NC(=O)CSc1nnc(-c2c[nH]c3ccccc23)n1C1CC1)c1cccs1. The van der Waals surface area contributed by atoms with Crippen LogP contribution in [0.25, 0.3) is 22.3 Å². The Kier molecular flexibility index (Phi) is 4.89. The van der Waals surface area contributed by atoms with Gasteiger partial charge in [-0.1, -0.05) is 36.0 Å². The van der Waals surface area contributed by atoms with Gasteiger partial charge in [0.1, 0.15) is 0 Å². The summed E-state index contributed by atoms with van der Waals surface area (Å²) in [6.07, 6.45) is 4.25. The number of nitrogens with zero attached hydrogens (tertiary/aromatic N) is 3. The van der Waals surface area contributed by atoms with Gasteiger partial charge in [-0.15, -0.1) is 21.5 Å². The normalized spacial score (nSPS) is 14.9. The second-order valence-corrected chi connectivity index (χ2v) is 9.17. The van der Waals surface area contributed by atoms with Crippen molar-refractivity contribution in [2.75, 3.05) is 5.75 Å². The fourth-order valence-corrected chi connectivity index (χ4v) is 5.05. The first-order valence-electron chi connectivity index (χ1n) is 9.67. The van der Waals surface area contributed by atoms with Gasteiger partial charge in [0.05, 0.1) is 11.8 Å². The minimum absolute atomic E-state index is 0.00916. The van der Waals surface area contributed by atoms with Crippen LogP contribution in [0.15, 0.2) is 53.1 Å². The number of carbonyl (C=O) groups excluding carboxylic acids is 1. The van der Waals surface area contributed by atoms with E-state index < -0.39 is 0 Å². The molecule has 5 rings (SSSR count). The van der Waals surface area contributed by atoms with Gasteiger partial charge < -0.3 is 10.3 Å². The Morgan fingerprint density at radius 3 is 2.97 bits per heavy atom. The van der Waals surface area contributed by atoms with Crippen molar-refractivity contribution in [3.05, 3.63) is 52.9 Å². The number of nitrogens with one attached hydrogen (secondary N) is 2. The van der Waals surface area contributed by atoms with Crippen LogP contribution in [-0.2, 0) is 4.79 Å². The van der Waals surface area contributed by atoms with Crippen LogP contribution >= 0.6 is 23.1 Å². The van der Waals surface area contributed by atoms with E-state index in [-0.39, 0.29) is 11.9 Å². The molecule has 0 radical (unpaired) electrons. The highest BCUT2D eigenvalue weighted by Gasteiger charge is 2.31. The molecule has 1 atom stereocenters. The molecule has 2 N–H and O–H groups in total. The Hall–Kier alpha value is -2.58. The van der Waals surface area contributed by atoms with Crippen LogP contribution in [0.3, 0.4) is 0 Å². The number of rotatable bonds is 7. The van der Waals surface area contributed by atoms with Crippen LogP contribution in [0.1, 0.15) is 36.7 Å². The summed E-state index contributed by atoms with van der Waals surface area (Å²) in [6, 6.07) is 12.7. The number of aromatic amines is 1. The van der Waals surface area contributed by atoms with Crippen molar-refractivity contribution in [3.63, 3.8) is 0 Å². The molecule has 0 bridgehead atoms. The highest BCUT2D eigenvalue weighted by Crippen LogP contribution is 2.42. The number of hydrogen-bond acceptors (Lipinski definition) is 5. The molecule has 0 saturated heterocycles. The molecule has 148 valence electrons. The van der Waals surface area contributed by atoms with Crippen molar-refractivity contribution in [2.45, 2.75) is 37.0 Å². The average Bonchev–Trinajstić information content (AvgIpc) is 3.14. The van der Waals surface area contributed by atoms with Crippen molar-refractivity contribution in [3.8, 4) is 11.4 Å². The maximum Gasteiger partial charge on any atom is 0.230 e. The van der Waals surface area contributed by atoms with Crippen molar-refractivity contribution in [2.24, 2.45) is 0 Å². The summed E-state index contributed by atoms with van der Waals surface area (Å²) >= 11 is 3.11. The summed E-state index contributed by atoms with van der Waals surface area (Å²) in [7, 11) is 0. The van der Waals surface area contributed by atoms with Crippen LogP contribution < -0.4 is 5.32 Å². The minimum Gasteiger partial charge on any atom is -0.360 e. The van der Waals surface area contributed by atoms with E-state index in [9.17, 15) is 4.79 Å². The lowest BCUT2D eigenvalue weighted by Gasteiger charge is -2.12. The van der Waals surface area contributed by atoms with Crippen LogP contribution in [0, 0.1) is 0 Å². The molecule has 0 aliphatic heterocycles. The van der Waals surface area contributed by atoms with Crippen LogP contribution in [-0.4, -0.2) is 31.4 Å². The van der Waals surface area contributed by atoms with E-state index in [4.69, 9.17) is 0 Å². The first kappa shape index (κ1) is 18.4. The Morgan fingerprint density at radius 2 is 2.17 bits per heavy atom. The molecule has 3 aromatic heterocycles. The fourth-order valence-electron chi connectivity index (χ4n) is 3.50. The number of hydrogen-bond donors (Lipinski definition) is 2. The summed E-state index contributed by atoms with van der Waals surface area (Å²) in [5.74, 6) is 1.21. The topological polar surface area (TPSA) is 75.6 Å². The van der Waals surface area contributed by atoms with E-state index >= 15 is 0 Å². The zero-order valence-electron chi connectivity index (χ0n) is 16.0. The first-order chi connectivity index (χ1) is 14.2. The van der Waals surface area contributed by atoms with Gasteiger partial charge in [-0.25, -0.2) is 0 Å². The molecule has 4 aromatic rings. The molecule has 8 heteroatoms.